The Morgan fingerprint density at radius 3 is 2.50 bits per heavy atom. The van der Waals surface area contributed by atoms with Gasteiger partial charge in [-0.15, -0.1) is 0 Å². The fraction of sp³-hybridized carbons (Fsp3) is 0.714. The van der Waals surface area contributed by atoms with E-state index in [9.17, 15) is 4.79 Å². The molecule has 0 aliphatic carbocycles. The standard InChI is InChI=1S/C14H23N3O/c1-5-17-12(4)13(7-15-17)14(18)16-8-10(2)6-11(3)9-16/h7,10-11H,5-6,8-9H2,1-4H3/t10-,11-/m1/s1. The number of hydrogen-bond acceptors (Lipinski definition) is 2. The zero-order valence-electron chi connectivity index (χ0n) is 11.8. The Hall–Kier alpha value is -1.32. The fourth-order valence-electron chi connectivity index (χ4n) is 2.97. The highest BCUT2D eigenvalue weighted by Gasteiger charge is 2.27. The normalized spacial score (nSPS) is 24.3. The molecular formula is C14H23N3O. The van der Waals surface area contributed by atoms with E-state index in [2.05, 4.69) is 18.9 Å². The summed E-state index contributed by atoms with van der Waals surface area (Å²) >= 11 is 0. The van der Waals surface area contributed by atoms with Gasteiger partial charge in [0.2, 0.25) is 0 Å². The number of amides is 1. The van der Waals surface area contributed by atoms with Gasteiger partial charge in [0.15, 0.2) is 0 Å². The van der Waals surface area contributed by atoms with Gasteiger partial charge in [-0.25, -0.2) is 0 Å². The first-order chi connectivity index (χ1) is 8.52. The molecule has 2 heterocycles. The minimum absolute atomic E-state index is 0.144. The fourth-order valence-corrected chi connectivity index (χ4v) is 2.97. The minimum Gasteiger partial charge on any atom is -0.338 e. The molecule has 1 fully saturated rings. The van der Waals surface area contributed by atoms with Crippen molar-refractivity contribution in [3.8, 4) is 0 Å². The van der Waals surface area contributed by atoms with Crippen LogP contribution in [0.5, 0.6) is 0 Å². The molecule has 4 nitrogen and oxygen atoms in total. The molecule has 0 saturated carbocycles. The lowest BCUT2D eigenvalue weighted by Gasteiger charge is -2.34. The second-order valence-corrected chi connectivity index (χ2v) is 5.62. The molecule has 2 rings (SSSR count). The molecule has 1 saturated heterocycles. The average Bonchev–Trinajstić information content (AvgIpc) is 2.68. The summed E-state index contributed by atoms with van der Waals surface area (Å²) < 4.78 is 1.88. The lowest BCUT2D eigenvalue weighted by Crippen LogP contribution is -2.42. The number of piperidine rings is 1. The van der Waals surface area contributed by atoms with Crippen LogP contribution in [0.15, 0.2) is 6.20 Å². The molecule has 1 aliphatic heterocycles. The van der Waals surface area contributed by atoms with Crippen LogP contribution in [0.3, 0.4) is 0 Å². The molecule has 4 heteroatoms. The number of carbonyl (C=O) groups is 1. The third kappa shape index (κ3) is 2.42. The van der Waals surface area contributed by atoms with E-state index in [1.807, 2.05) is 23.4 Å². The van der Waals surface area contributed by atoms with Gasteiger partial charge in [0.25, 0.3) is 5.91 Å². The zero-order chi connectivity index (χ0) is 13.3. The molecule has 0 bridgehead atoms. The first-order valence-electron chi connectivity index (χ1n) is 6.84. The molecule has 100 valence electrons. The Labute approximate surface area is 109 Å². The predicted molar refractivity (Wildman–Crippen MR) is 71.5 cm³/mol. The van der Waals surface area contributed by atoms with Gasteiger partial charge < -0.3 is 4.90 Å². The van der Waals surface area contributed by atoms with Crippen LogP contribution >= 0.6 is 0 Å². The summed E-state index contributed by atoms with van der Waals surface area (Å²) in [5.74, 6) is 1.34. The summed E-state index contributed by atoms with van der Waals surface area (Å²) in [4.78, 5) is 14.5. The summed E-state index contributed by atoms with van der Waals surface area (Å²) in [7, 11) is 0. The number of carbonyl (C=O) groups excluding carboxylic acids is 1. The molecule has 0 radical (unpaired) electrons. The van der Waals surface area contributed by atoms with Crippen LogP contribution in [0.2, 0.25) is 0 Å². The van der Waals surface area contributed by atoms with Gasteiger partial charge in [0.1, 0.15) is 0 Å². The van der Waals surface area contributed by atoms with Crippen molar-refractivity contribution in [3.05, 3.63) is 17.5 Å². The van der Waals surface area contributed by atoms with Crippen molar-refractivity contribution < 1.29 is 4.79 Å². The van der Waals surface area contributed by atoms with E-state index in [-0.39, 0.29) is 5.91 Å². The molecule has 0 spiro atoms. The number of aromatic nitrogens is 2. The van der Waals surface area contributed by atoms with Crippen LogP contribution in [-0.2, 0) is 6.54 Å². The van der Waals surface area contributed by atoms with Gasteiger partial charge in [-0.05, 0) is 32.1 Å². The Morgan fingerprint density at radius 1 is 1.39 bits per heavy atom. The Kier molecular flexibility index (Phi) is 3.73. The number of nitrogens with zero attached hydrogens (tertiary/aromatic N) is 3. The minimum atomic E-state index is 0.144. The largest absolute Gasteiger partial charge is 0.338 e. The number of aryl methyl sites for hydroxylation is 1. The zero-order valence-corrected chi connectivity index (χ0v) is 11.8. The average molecular weight is 249 g/mol. The van der Waals surface area contributed by atoms with Gasteiger partial charge in [-0.1, -0.05) is 13.8 Å². The number of likely N-dealkylation sites (tertiary alicyclic amines) is 1. The molecule has 0 unspecified atom stereocenters. The quantitative estimate of drug-likeness (QED) is 0.807. The van der Waals surface area contributed by atoms with Crippen molar-refractivity contribution in [1.82, 2.24) is 14.7 Å². The highest BCUT2D eigenvalue weighted by Crippen LogP contribution is 2.23. The Morgan fingerprint density at radius 2 is 2.00 bits per heavy atom. The second-order valence-electron chi connectivity index (χ2n) is 5.62. The summed E-state index contributed by atoms with van der Waals surface area (Å²) in [5.41, 5.74) is 1.74. The summed E-state index contributed by atoms with van der Waals surface area (Å²) in [6.45, 7) is 11.0. The van der Waals surface area contributed by atoms with Crippen LogP contribution in [0.25, 0.3) is 0 Å². The van der Waals surface area contributed by atoms with Crippen LogP contribution in [0.4, 0.5) is 0 Å². The maximum atomic E-state index is 12.5. The Bertz CT molecular complexity index is 428. The van der Waals surface area contributed by atoms with E-state index < -0.39 is 0 Å². The molecule has 18 heavy (non-hydrogen) atoms. The van der Waals surface area contributed by atoms with Gasteiger partial charge >= 0.3 is 0 Å². The lowest BCUT2D eigenvalue weighted by molar-refractivity contribution is 0.0622. The highest BCUT2D eigenvalue weighted by molar-refractivity contribution is 5.95. The van der Waals surface area contributed by atoms with Crippen molar-refractivity contribution in [2.75, 3.05) is 13.1 Å². The Balaban J connectivity index is 2.17. The van der Waals surface area contributed by atoms with Crippen molar-refractivity contribution in [2.24, 2.45) is 11.8 Å². The third-order valence-corrected chi connectivity index (χ3v) is 3.79. The van der Waals surface area contributed by atoms with Gasteiger partial charge in [0, 0.05) is 25.3 Å². The highest BCUT2D eigenvalue weighted by atomic mass is 16.2. The summed E-state index contributed by atoms with van der Waals surface area (Å²) in [6, 6.07) is 0. The smallest absolute Gasteiger partial charge is 0.257 e. The van der Waals surface area contributed by atoms with Gasteiger partial charge in [0.05, 0.1) is 11.8 Å². The molecular weight excluding hydrogens is 226 g/mol. The maximum absolute atomic E-state index is 12.5. The molecule has 0 N–H and O–H groups in total. The van der Waals surface area contributed by atoms with Crippen molar-refractivity contribution >= 4 is 5.91 Å². The molecule has 1 aromatic heterocycles. The molecule has 1 aromatic rings. The molecule has 0 aromatic carbocycles. The van der Waals surface area contributed by atoms with Crippen LogP contribution in [0, 0.1) is 18.8 Å². The molecule has 1 amide bonds. The predicted octanol–water partition coefficient (Wildman–Crippen LogP) is 2.33. The maximum Gasteiger partial charge on any atom is 0.257 e. The van der Waals surface area contributed by atoms with Gasteiger partial charge in [-0.2, -0.15) is 5.10 Å². The topological polar surface area (TPSA) is 38.1 Å². The van der Waals surface area contributed by atoms with Crippen LogP contribution in [0.1, 0.15) is 43.2 Å². The van der Waals surface area contributed by atoms with Crippen molar-refractivity contribution in [2.45, 2.75) is 40.7 Å². The van der Waals surface area contributed by atoms with Gasteiger partial charge in [-0.3, -0.25) is 9.48 Å². The first-order valence-corrected chi connectivity index (χ1v) is 6.84. The van der Waals surface area contributed by atoms with E-state index in [4.69, 9.17) is 0 Å². The summed E-state index contributed by atoms with van der Waals surface area (Å²) in [5, 5.41) is 4.26. The number of hydrogen-bond donors (Lipinski definition) is 0. The van der Waals surface area contributed by atoms with Crippen molar-refractivity contribution in [3.63, 3.8) is 0 Å². The summed E-state index contributed by atoms with van der Waals surface area (Å²) in [6.07, 6.45) is 2.93. The SMILES string of the molecule is CCn1ncc(C(=O)N2C[C@H](C)C[C@@H](C)C2)c1C. The third-order valence-electron chi connectivity index (χ3n) is 3.79. The van der Waals surface area contributed by atoms with Crippen molar-refractivity contribution in [1.29, 1.82) is 0 Å². The monoisotopic (exact) mass is 249 g/mol. The first kappa shape index (κ1) is 13.1. The van der Waals surface area contributed by atoms with E-state index in [1.165, 1.54) is 6.42 Å². The van der Waals surface area contributed by atoms with Crippen LogP contribution in [-0.4, -0.2) is 33.7 Å². The van der Waals surface area contributed by atoms with E-state index in [0.717, 1.165) is 30.9 Å². The lowest BCUT2D eigenvalue weighted by atomic mass is 9.91. The van der Waals surface area contributed by atoms with Crippen LogP contribution < -0.4 is 0 Å². The van der Waals surface area contributed by atoms with E-state index >= 15 is 0 Å². The molecule has 2 atom stereocenters. The van der Waals surface area contributed by atoms with E-state index in [1.54, 1.807) is 6.20 Å². The second kappa shape index (κ2) is 5.12. The number of rotatable bonds is 2. The van der Waals surface area contributed by atoms with E-state index in [0.29, 0.717) is 11.8 Å². The molecule has 1 aliphatic rings.